The molecule has 0 atom stereocenters. The Bertz CT molecular complexity index is 496. The molecule has 0 spiro atoms. The van der Waals surface area contributed by atoms with Crippen LogP contribution in [0.1, 0.15) is 0 Å². The molecule has 0 aliphatic heterocycles. The molecule has 0 amide bonds. The summed E-state index contributed by atoms with van der Waals surface area (Å²) < 4.78 is 4.96. The van der Waals surface area contributed by atoms with Crippen molar-refractivity contribution in [3.8, 4) is 10.7 Å². The van der Waals surface area contributed by atoms with Crippen molar-refractivity contribution in [1.82, 2.24) is 15.2 Å². The lowest BCUT2D eigenvalue weighted by Gasteiger charge is -2.04. The minimum Gasteiger partial charge on any atom is -0.383 e. The lowest BCUT2D eigenvalue weighted by molar-refractivity contribution is 0.211. The Hall–Kier alpha value is -1.25. The van der Waals surface area contributed by atoms with E-state index >= 15 is 0 Å². The Morgan fingerprint density at radius 3 is 2.89 bits per heavy atom. The van der Waals surface area contributed by atoms with E-state index in [1.807, 2.05) is 24.4 Å². The summed E-state index contributed by atoms with van der Waals surface area (Å²) in [6, 6.07) is 0. The van der Waals surface area contributed by atoms with Gasteiger partial charge in [-0.25, -0.2) is 4.98 Å². The largest absolute Gasteiger partial charge is 0.383 e. The van der Waals surface area contributed by atoms with Crippen molar-refractivity contribution >= 4 is 32.9 Å². The molecule has 0 saturated heterocycles. The average Bonchev–Trinajstić information content (AvgIpc) is 2.97. The lowest BCUT2D eigenvalue weighted by Crippen LogP contribution is -2.07. The first-order chi connectivity index (χ1) is 8.70. The van der Waals surface area contributed by atoms with Gasteiger partial charge in [-0.1, -0.05) is 11.3 Å². The van der Waals surface area contributed by atoms with Gasteiger partial charge in [0.2, 0.25) is 5.13 Å². The smallest absolute Gasteiger partial charge is 0.206 e. The lowest BCUT2D eigenvalue weighted by atomic mass is 10.5. The van der Waals surface area contributed by atoms with E-state index in [0.29, 0.717) is 6.61 Å². The standard InChI is InChI=1S/C10H15N5OS2/c1-15(2)10-12-7(6-17-10)8-13-14-9(18-8)11-4-5-16-3/h6H,4-5H2,1-3H3,(H,11,14). The van der Waals surface area contributed by atoms with Crippen molar-refractivity contribution in [2.75, 3.05) is 44.6 Å². The number of hydrogen-bond donors (Lipinski definition) is 1. The highest BCUT2D eigenvalue weighted by atomic mass is 32.1. The molecular formula is C10H15N5OS2. The van der Waals surface area contributed by atoms with E-state index in [0.717, 1.165) is 27.5 Å². The molecule has 0 aliphatic rings. The highest BCUT2D eigenvalue weighted by molar-refractivity contribution is 7.19. The molecule has 0 fully saturated rings. The molecule has 2 rings (SSSR count). The third-order valence-electron chi connectivity index (χ3n) is 2.10. The molecule has 18 heavy (non-hydrogen) atoms. The van der Waals surface area contributed by atoms with Crippen LogP contribution in [-0.4, -0.2) is 49.5 Å². The monoisotopic (exact) mass is 285 g/mol. The quantitative estimate of drug-likeness (QED) is 0.816. The summed E-state index contributed by atoms with van der Waals surface area (Å²) in [5.74, 6) is 0. The van der Waals surface area contributed by atoms with Crippen LogP contribution in [0.2, 0.25) is 0 Å². The van der Waals surface area contributed by atoms with Crippen molar-refractivity contribution in [3.63, 3.8) is 0 Å². The predicted octanol–water partition coefficient (Wildman–Crippen LogP) is 1.79. The van der Waals surface area contributed by atoms with Gasteiger partial charge in [0.15, 0.2) is 10.1 Å². The fraction of sp³-hybridized carbons (Fsp3) is 0.500. The molecule has 0 bridgehead atoms. The van der Waals surface area contributed by atoms with Gasteiger partial charge < -0.3 is 15.0 Å². The molecule has 0 radical (unpaired) electrons. The Labute approximate surface area is 114 Å². The number of methoxy groups -OCH3 is 1. The zero-order chi connectivity index (χ0) is 13.0. The van der Waals surface area contributed by atoms with Crippen LogP contribution < -0.4 is 10.2 Å². The van der Waals surface area contributed by atoms with Gasteiger partial charge >= 0.3 is 0 Å². The number of rotatable bonds is 6. The molecule has 6 nitrogen and oxygen atoms in total. The second-order valence-electron chi connectivity index (χ2n) is 3.74. The molecule has 0 aromatic carbocycles. The molecule has 2 aromatic rings. The molecule has 98 valence electrons. The van der Waals surface area contributed by atoms with Crippen LogP contribution in [0.15, 0.2) is 5.38 Å². The first kappa shape index (κ1) is 13.2. The van der Waals surface area contributed by atoms with Gasteiger partial charge in [-0.15, -0.1) is 21.5 Å². The van der Waals surface area contributed by atoms with Crippen LogP contribution in [0.5, 0.6) is 0 Å². The first-order valence-electron chi connectivity index (χ1n) is 5.40. The van der Waals surface area contributed by atoms with E-state index in [1.165, 1.54) is 11.3 Å². The van der Waals surface area contributed by atoms with Crippen LogP contribution in [0.4, 0.5) is 10.3 Å². The van der Waals surface area contributed by atoms with Gasteiger partial charge in [-0.2, -0.15) is 0 Å². The first-order valence-corrected chi connectivity index (χ1v) is 7.10. The number of nitrogens with one attached hydrogen (secondary N) is 1. The van der Waals surface area contributed by atoms with Crippen LogP contribution >= 0.6 is 22.7 Å². The van der Waals surface area contributed by atoms with Crippen LogP contribution in [0.3, 0.4) is 0 Å². The zero-order valence-electron chi connectivity index (χ0n) is 10.5. The Kier molecular flexibility index (Phi) is 4.45. The Morgan fingerprint density at radius 2 is 2.22 bits per heavy atom. The van der Waals surface area contributed by atoms with Gasteiger partial charge in [0.05, 0.1) is 6.61 Å². The fourth-order valence-electron chi connectivity index (χ4n) is 1.23. The molecule has 0 unspecified atom stereocenters. The summed E-state index contributed by atoms with van der Waals surface area (Å²) in [5.41, 5.74) is 0.876. The second-order valence-corrected chi connectivity index (χ2v) is 5.56. The van der Waals surface area contributed by atoms with E-state index in [4.69, 9.17) is 4.74 Å². The van der Waals surface area contributed by atoms with Crippen molar-refractivity contribution in [1.29, 1.82) is 0 Å². The van der Waals surface area contributed by atoms with E-state index in [-0.39, 0.29) is 0 Å². The predicted molar refractivity (Wildman–Crippen MR) is 75.7 cm³/mol. The summed E-state index contributed by atoms with van der Waals surface area (Å²) in [5, 5.41) is 15.9. The van der Waals surface area contributed by atoms with Crippen LogP contribution in [0, 0.1) is 0 Å². The summed E-state index contributed by atoms with van der Waals surface area (Å²) >= 11 is 3.09. The second kappa shape index (κ2) is 6.07. The summed E-state index contributed by atoms with van der Waals surface area (Å²) in [6.45, 7) is 1.38. The molecular weight excluding hydrogens is 270 g/mol. The summed E-state index contributed by atoms with van der Waals surface area (Å²) in [4.78, 5) is 6.47. The third-order valence-corrected chi connectivity index (χ3v) is 4.01. The number of hydrogen-bond acceptors (Lipinski definition) is 8. The SMILES string of the molecule is COCCNc1nnc(-c2csc(N(C)C)n2)s1. The van der Waals surface area contributed by atoms with Crippen LogP contribution in [0.25, 0.3) is 10.7 Å². The van der Waals surface area contributed by atoms with Gasteiger partial charge in [0, 0.05) is 33.1 Å². The van der Waals surface area contributed by atoms with E-state index in [1.54, 1.807) is 18.4 Å². The highest BCUT2D eigenvalue weighted by Gasteiger charge is 2.11. The van der Waals surface area contributed by atoms with Gasteiger partial charge in [0.25, 0.3) is 0 Å². The summed E-state index contributed by atoms with van der Waals surface area (Å²) in [6.07, 6.45) is 0. The summed E-state index contributed by atoms with van der Waals surface area (Å²) in [7, 11) is 5.62. The molecule has 0 aliphatic carbocycles. The molecule has 1 N–H and O–H groups in total. The van der Waals surface area contributed by atoms with E-state index in [2.05, 4.69) is 20.5 Å². The van der Waals surface area contributed by atoms with Gasteiger partial charge in [-0.3, -0.25) is 0 Å². The van der Waals surface area contributed by atoms with E-state index in [9.17, 15) is 0 Å². The van der Waals surface area contributed by atoms with E-state index < -0.39 is 0 Å². The number of anilines is 2. The van der Waals surface area contributed by atoms with Gasteiger partial charge in [0.1, 0.15) is 5.69 Å². The Morgan fingerprint density at radius 1 is 1.39 bits per heavy atom. The minimum absolute atomic E-state index is 0.649. The maximum absolute atomic E-state index is 4.96. The van der Waals surface area contributed by atoms with Crippen LogP contribution in [-0.2, 0) is 4.74 Å². The molecule has 2 heterocycles. The molecule has 0 saturated carbocycles. The number of aromatic nitrogens is 3. The average molecular weight is 285 g/mol. The normalized spacial score (nSPS) is 10.6. The zero-order valence-corrected chi connectivity index (χ0v) is 12.1. The minimum atomic E-state index is 0.649. The number of thiazole rings is 1. The maximum Gasteiger partial charge on any atom is 0.206 e. The topological polar surface area (TPSA) is 63.2 Å². The van der Waals surface area contributed by atoms with Gasteiger partial charge in [-0.05, 0) is 0 Å². The van der Waals surface area contributed by atoms with Crippen molar-refractivity contribution in [2.45, 2.75) is 0 Å². The molecule has 2 aromatic heterocycles. The van der Waals surface area contributed by atoms with Crippen molar-refractivity contribution in [2.24, 2.45) is 0 Å². The fourth-order valence-corrected chi connectivity index (χ4v) is 2.77. The van der Waals surface area contributed by atoms with Crippen molar-refractivity contribution < 1.29 is 4.74 Å². The maximum atomic E-state index is 4.96. The number of ether oxygens (including phenoxy) is 1. The Balaban J connectivity index is 2.04. The highest BCUT2D eigenvalue weighted by Crippen LogP contribution is 2.29. The molecule has 8 heteroatoms. The third kappa shape index (κ3) is 3.15. The number of nitrogens with zero attached hydrogens (tertiary/aromatic N) is 4. The van der Waals surface area contributed by atoms with Crippen molar-refractivity contribution in [3.05, 3.63) is 5.38 Å².